The number of hydrogen-bond donors (Lipinski definition) is 2. The summed E-state index contributed by atoms with van der Waals surface area (Å²) in [6.45, 7) is 11.5. The Morgan fingerprint density at radius 3 is 2.48 bits per heavy atom. The van der Waals surface area contributed by atoms with Crippen LogP contribution in [-0.4, -0.2) is 75.2 Å². The van der Waals surface area contributed by atoms with E-state index in [1.165, 1.54) is 57.0 Å². The third-order valence-electron chi connectivity index (χ3n) is 4.57. The molecule has 0 radical (unpaired) electrons. The fourth-order valence-electron chi connectivity index (χ4n) is 2.98. The van der Waals surface area contributed by atoms with Crippen LogP contribution in [0.2, 0.25) is 0 Å². The standard InChI is InChI=1S/C18H33N5S.HI/c1-3-22-12-14-23(15-13-22)11-5-4-9-20-18(19-2)21-10-8-17-7-6-16-24-17;/h6-7,16H,3-5,8-15H2,1-2H3,(H2,19,20,21);1H. The summed E-state index contributed by atoms with van der Waals surface area (Å²) in [6, 6.07) is 4.29. The zero-order chi connectivity index (χ0) is 17.0. The van der Waals surface area contributed by atoms with Crippen LogP contribution in [0.5, 0.6) is 0 Å². The number of rotatable bonds is 9. The van der Waals surface area contributed by atoms with Crippen LogP contribution in [0, 0.1) is 0 Å². The van der Waals surface area contributed by atoms with Crippen molar-refractivity contribution in [2.24, 2.45) is 4.99 Å². The number of hydrogen-bond acceptors (Lipinski definition) is 4. The summed E-state index contributed by atoms with van der Waals surface area (Å²) in [6.07, 6.45) is 3.51. The van der Waals surface area contributed by atoms with Gasteiger partial charge in [-0.15, -0.1) is 35.3 Å². The molecule has 0 spiro atoms. The molecular weight excluding hydrogens is 445 g/mol. The lowest BCUT2D eigenvalue weighted by molar-refractivity contribution is 0.136. The highest BCUT2D eigenvalue weighted by molar-refractivity contribution is 14.0. The van der Waals surface area contributed by atoms with E-state index in [9.17, 15) is 0 Å². The van der Waals surface area contributed by atoms with E-state index in [4.69, 9.17) is 0 Å². The fraction of sp³-hybridized carbons (Fsp3) is 0.722. The maximum Gasteiger partial charge on any atom is 0.190 e. The highest BCUT2D eigenvalue weighted by Crippen LogP contribution is 2.08. The van der Waals surface area contributed by atoms with E-state index in [-0.39, 0.29) is 24.0 Å². The SMILES string of the molecule is CCN1CCN(CCCCNC(=NC)NCCc2cccs2)CC1.I. The number of thiophene rings is 1. The number of nitrogens with one attached hydrogen (secondary N) is 2. The molecule has 144 valence electrons. The van der Waals surface area contributed by atoms with E-state index in [2.05, 4.69) is 49.9 Å². The smallest absolute Gasteiger partial charge is 0.190 e. The number of likely N-dealkylation sites (N-methyl/N-ethyl adjacent to an activating group) is 1. The Hall–Kier alpha value is -0.380. The molecule has 0 bridgehead atoms. The molecule has 7 heteroatoms. The summed E-state index contributed by atoms with van der Waals surface area (Å²) in [5, 5.41) is 8.94. The van der Waals surface area contributed by atoms with Crippen molar-refractivity contribution in [2.45, 2.75) is 26.2 Å². The van der Waals surface area contributed by atoms with Crippen molar-refractivity contribution < 1.29 is 0 Å². The molecule has 0 amide bonds. The summed E-state index contributed by atoms with van der Waals surface area (Å²) in [4.78, 5) is 10.8. The molecule has 1 aliphatic heterocycles. The number of piperazine rings is 1. The molecule has 25 heavy (non-hydrogen) atoms. The lowest BCUT2D eigenvalue weighted by Gasteiger charge is -2.34. The molecule has 0 aromatic carbocycles. The van der Waals surface area contributed by atoms with Gasteiger partial charge in [-0.25, -0.2) is 0 Å². The maximum absolute atomic E-state index is 4.29. The van der Waals surface area contributed by atoms with Crippen LogP contribution in [-0.2, 0) is 6.42 Å². The second kappa shape index (κ2) is 13.8. The minimum Gasteiger partial charge on any atom is -0.356 e. The van der Waals surface area contributed by atoms with Gasteiger partial charge in [-0.1, -0.05) is 13.0 Å². The third kappa shape index (κ3) is 9.21. The van der Waals surface area contributed by atoms with Gasteiger partial charge in [0.1, 0.15) is 0 Å². The highest BCUT2D eigenvalue weighted by atomic mass is 127. The predicted molar refractivity (Wildman–Crippen MR) is 121 cm³/mol. The van der Waals surface area contributed by atoms with Crippen molar-refractivity contribution in [1.29, 1.82) is 0 Å². The quantitative estimate of drug-likeness (QED) is 0.247. The molecule has 0 aliphatic carbocycles. The molecule has 5 nitrogen and oxygen atoms in total. The van der Waals surface area contributed by atoms with E-state index < -0.39 is 0 Å². The number of halogens is 1. The van der Waals surface area contributed by atoms with E-state index in [0.29, 0.717) is 0 Å². The number of nitrogens with zero attached hydrogens (tertiary/aromatic N) is 3. The molecule has 0 unspecified atom stereocenters. The molecular formula is C18H34IN5S. The summed E-state index contributed by atoms with van der Waals surface area (Å²) in [7, 11) is 1.84. The van der Waals surface area contributed by atoms with Crippen LogP contribution in [0.1, 0.15) is 24.6 Å². The number of unbranched alkanes of at least 4 members (excludes halogenated alkanes) is 1. The van der Waals surface area contributed by atoms with Gasteiger partial charge >= 0.3 is 0 Å². The average molecular weight is 479 g/mol. The molecule has 0 saturated carbocycles. The molecule has 1 aliphatic rings. The van der Waals surface area contributed by atoms with Crippen LogP contribution in [0.4, 0.5) is 0 Å². The summed E-state index contributed by atoms with van der Waals surface area (Å²) < 4.78 is 0. The van der Waals surface area contributed by atoms with E-state index in [1.54, 1.807) is 0 Å². The maximum atomic E-state index is 4.29. The monoisotopic (exact) mass is 479 g/mol. The van der Waals surface area contributed by atoms with Crippen molar-refractivity contribution in [3.63, 3.8) is 0 Å². The topological polar surface area (TPSA) is 42.9 Å². The second-order valence-corrected chi connectivity index (χ2v) is 7.27. The first kappa shape index (κ1) is 22.7. The normalized spacial score (nSPS) is 16.5. The summed E-state index contributed by atoms with van der Waals surface area (Å²) in [5.74, 6) is 0.920. The third-order valence-corrected chi connectivity index (χ3v) is 5.51. The Morgan fingerprint density at radius 2 is 1.84 bits per heavy atom. The largest absolute Gasteiger partial charge is 0.356 e. The first-order valence-corrected chi connectivity index (χ1v) is 10.1. The zero-order valence-electron chi connectivity index (χ0n) is 15.7. The van der Waals surface area contributed by atoms with Crippen LogP contribution >= 0.6 is 35.3 Å². The molecule has 1 aromatic heterocycles. The van der Waals surface area contributed by atoms with Gasteiger partial charge in [0, 0.05) is 51.2 Å². The Kier molecular flexibility index (Phi) is 12.5. The van der Waals surface area contributed by atoms with Gasteiger partial charge in [0.2, 0.25) is 0 Å². The Labute approximate surface area is 174 Å². The first-order chi connectivity index (χ1) is 11.8. The first-order valence-electron chi connectivity index (χ1n) is 9.23. The van der Waals surface area contributed by atoms with Gasteiger partial charge in [0.15, 0.2) is 5.96 Å². The van der Waals surface area contributed by atoms with Crippen LogP contribution in [0.15, 0.2) is 22.5 Å². The zero-order valence-corrected chi connectivity index (χ0v) is 18.8. The lowest BCUT2D eigenvalue weighted by atomic mass is 10.2. The Morgan fingerprint density at radius 1 is 1.12 bits per heavy atom. The lowest BCUT2D eigenvalue weighted by Crippen LogP contribution is -2.46. The Bertz CT molecular complexity index is 458. The molecule has 1 saturated heterocycles. The Balaban J connectivity index is 0.00000312. The van der Waals surface area contributed by atoms with Crippen LogP contribution < -0.4 is 10.6 Å². The van der Waals surface area contributed by atoms with E-state index in [0.717, 1.165) is 25.5 Å². The van der Waals surface area contributed by atoms with Gasteiger partial charge in [0.05, 0.1) is 0 Å². The minimum absolute atomic E-state index is 0. The van der Waals surface area contributed by atoms with Crippen molar-refractivity contribution in [3.8, 4) is 0 Å². The summed E-state index contributed by atoms with van der Waals surface area (Å²) in [5.41, 5.74) is 0. The van der Waals surface area contributed by atoms with Gasteiger partial charge in [-0.05, 0) is 43.8 Å². The number of aliphatic imine (C=N–C) groups is 1. The van der Waals surface area contributed by atoms with Crippen molar-refractivity contribution in [2.75, 3.05) is 59.4 Å². The van der Waals surface area contributed by atoms with Crippen molar-refractivity contribution >= 4 is 41.3 Å². The molecule has 2 heterocycles. The minimum atomic E-state index is 0. The van der Waals surface area contributed by atoms with Crippen LogP contribution in [0.3, 0.4) is 0 Å². The molecule has 1 aromatic rings. The predicted octanol–water partition coefficient (Wildman–Crippen LogP) is 2.49. The average Bonchev–Trinajstić information content (AvgIpc) is 3.14. The fourth-order valence-corrected chi connectivity index (χ4v) is 3.68. The van der Waals surface area contributed by atoms with Crippen LogP contribution in [0.25, 0.3) is 0 Å². The van der Waals surface area contributed by atoms with E-state index >= 15 is 0 Å². The molecule has 1 fully saturated rings. The van der Waals surface area contributed by atoms with Gasteiger partial charge in [-0.3, -0.25) is 4.99 Å². The van der Waals surface area contributed by atoms with Crippen molar-refractivity contribution in [3.05, 3.63) is 22.4 Å². The molecule has 0 atom stereocenters. The van der Waals surface area contributed by atoms with Gasteiger partial charge < -0.3 is 20.4 Å². The number of guanidine groups is 1. The van der Waals surface area contributed by atoms with Crippen molar-refractivity contribution in [1.82, 2.24) is 20.4 Å². The summed E-state index contributed by atoms with van der Waals surface area (Å²) >= 11 is 1.81. The van der Waals surface area contributed by atoms with Gasteiger partial charge in [-0.2, -0.15) is 0 Å². The molecule has 2 rings (SSSR count). The molecule has 2 N–H and O–H groups in total. The van der Waals surface area contributed by atoms with E-state index in [1.807, 2.05) is 18.4 Å². The van der Waals surface area contributed by atoms with Gasteiger partial charge in [0.25, 0.3) is 0 Å². The highest BCUT2D eigenvalue weighted by Gasteiger charge is 2.14. The second-order valence-electron chi connectivity index (χ2n) is 6.24.